The van der Waals surface area contributed by atoms with E-state index in [2.05, 4.69) is 24.5 Å². The van der Waals surface area contributed by atoms with Crippen molar-refractivity contribution in [1.82, 2.24) is 5.43 Å². The zero-order chi connectivity index (χ0) is 14.7. The van der Waals surface area contributed by atoms with Crippen LogP contribution in [0.25, 0.3) is 0 Å². The Kier molecular flexibility index (Phi) is 4.43. The first-order chi connectivity index (χ1) is 10.3. The molecule has 4 nitrogen and oxygen atoms in total. The monoisotopic (exact) mass is 304 g/mol. The summed E-state index contributed by atoms with van der Waals surface area (Å²) in [4.78, 5) is 2.72. The number of rotatable bonds is 5. The second kappa shape index (κ2) is 6.47. The van der Waals surface area contributed by atoms with Gasteiger partial charge in [-0.05, 0) is 24.6 Å². The fourth-order valence-electron chi connectivity index (χ4n) is 2.55. The van der Waals surface area contributed by atoms with Gasteiger partial charge in [-0.25, -0.2) is 0 Å². The summed E-state index contributed by atoms with van der Waals surface area (Å²) >= 11 is 1.84. The molecule has 1 aliphatic heterocycles. The SMILES string of the molecule is CCc1ccc(CC(NN)c2cccc3c2OCCO3)s1. The first kappa shape index (κ1) is 14.4. The summed E-state index contributed by atoms with van der Waals surface area (Å²) < 4.78 is 11.4. The van der Waals surface area contributed by atoms with Gasteiger partial charge in [-0.1, -0.05) is 19.1 Å². The zero-order valence-corrected chi connectivity index (χ0v) is 12.9. The molecular formula is C16H20N2O2S. The maximum absolute atomic E-state index is 5.78. The standard InChI is InChI=1S/C16H20N2O2S/c1-2-11-6-7-12(21-11)10-14(18-17)13-4-3-5-15-16(13)20-9-8-19-15/h3-7,14,18H,2,8-10,17H2,1H3. The highest BCUT2D eigenvalue weighted by Crippen LogP contribution is 2.38. The summed E-state index contributed by atoms with van der Waals surface area (Å²) in [6.45, 7) is 3.36. The Morgan fingerprint density at radius 1 is 1.19 bits per heavy atom. The Morgan fingerprint density at radius 3 is 2.76 bits per heavy atom. The minimum absolute atomic E-state index is 0.0185. The van der Waals surface area contributed by atoms with Gasteiger partial charge in [0.1, 0.15) is 13.2 Å². The molecule has 2 aromatic rings. The van der Waals surface area contributed by atoms with Gasteiger partial charge in [-0.3, -0.25) is 11.3 Å². The van der Waals surface area contributed by atoms with Crippen molar-refractivity contribution < 1.29 is 9.47 Å². The lowest BCUT2D eigenvalue weighted by molar-refractivity contribution is 0.168. The van der Waals surface area contributed by atoms with Crippen molar-refractivity contribution in [2.24, 2.45) is 5.84 Å². The lowest BCUT2D eigenvalue weighted by Gasteiger charge is -2.24. The van der Waals surface area contributed by atoms with Crippen LogP contribution in [0.3, 0.4) is 0 Å². The topological polar surface area (TPSA) is 56.5 Å². The second-order valence-corrected chi connectivity index (χ2v) is 6.27. The van der Waals surface area contributed by atoms with E-state index < -0.39 is 0 Å². The van der Waals surface area contributed by atoms with Gasteiger partial charge in [0.15, 0.2) is 11.5 Å². The molecule has 21 heavy (non-hydrogen) atoms. The van der Waals surface area contributed by atoms with E-state index in [0.717, 1.165) is 29.9 Å². The van der Waals surface area contributed by atoms with Crippen molar-refractivity contribution in [2.45, 2.75) is 25.8 Å². The highest BCUT2D eigenvalue weighted by molar-refractivity contribution is 7.11. The van der Waals surface area contributed by atoms with Crippen LogP contribution < -0.4 is 20.7 Å². The van der Waals surface area contributed by atoms with E-state index in [4.69, 9.17) is 15.3 Å². The predicted molar refractivity (Wildman–Crippen MR) is 84.9 cm³/mol. The summed E-state index contributed by atoms with van der Waals surface area (Å²) in [5.41, 5.74) is 3.97. The van der Waals surface area contributed by atoms with E-state index >= 15 is 0 Å². The third-order valence-corrected chi connectivity index (χ3v) is 4.90. The average Bonchev–Trinajstić information content (AvgIpc) is 3.00. The van der Waals surface area contributed by atoms with Crippen molar-refractivity contribution in [3.63, 3.8) is 0 Å². The molecule has 112 valence electrons. The Hall–Kier alpha value is -1.56. The summed E-state index contributed by atoms with van der Waals surface area (Å²) in [6.07, 6.45) is 1.92. The number of benzene rings is 1. The van der Waals surface area contributed by atoms with Crippen molar-refractivity contribution in [3.05, 3.63) is 45.6 Å². The minimum atomic E-state index is 0.0185. The van der Waals surface area contributed by atoms with Crippen LogP contribution in [0, 0.1) is 0 Å². The number of para-hydroxylation sites is 1. The van der Waals surface area contributed by atoms with Gasteiger partial charge in [0.2, 0.25) is 0 Å². The molecule has 5 heteroatoms. The average molecular weight is 304 g/mol. The molecule has 0 radical (unpaired) electrons. The third kappa shape index (κ3) is 3.05. The number of hydrogen-bond donors (Lipinski definition) is 2. The van der Waals surface area contributed by atoms with Crippen LogP contribution in [-0.2, 0) is 12.8 Å². The highest BCUT2D eigenvalue weighted by Gasteiger charge is 2.22. The molecular weight excluding hydrogens is 284 g/mol. The smallest absolute Gasteiger partial charge is 0.166 e. The fraction of sp³-hybridized carbons (Fsp3) is 0.375. The Morgan fingerprint density at radius 2 is 2.00 bits per heavy atom. The summed E-state index contributed by atoms with van der Waals surface area (Å²) in [5.74, 6) is 7.41. The molecule has 1 atom stereocenters. The number of hydrazine groups is 1. The fourth-order valence-corrected chi connectivity index (χ4v) is 3.56. The van der Waals surface area contributed by atoms with Gasteiger partial charge < -0.3 is 9.47 Å². The van der Waals surface area contributed by atoms with E-state index in [9.17, 15) is 0 Å². The van der Waals surface area contributed by atoms with Crippen LogP contribution >= 0.6 is 11.3 Å². The predicted octanol–water partition coefficient (Wildman–Crippen LogP) is 2.83. The number of nitrogens with two attached hydrogens (primary N) is 1. The van der Waals surface area contributed by atoms with E-state index in [1.807, 2.05) is 29.5 Å². The Bertz CT molecular complexity index is 612. The van der Waals surface area contributed by atoms with Crippen LogP contribution in [0.1, 0.15) is 28.3 Å². The van der Waals surface area contributed by atoms with Crippen LogP contribution in [0.5, 0.6) is 11.5 Å². The zero-order valence-electron chi connectivity index (χ0n) is 12.1. The summed E-state index contributed by atoms with van der Waals surface area (Å²) in [5, 5.41) is 0. The van der Waals surface area contributed by atoms with Gasteiger partial charge in [0.05, 0.1) is 6.04 Å². The second-order valence-electron chi connectivity index (χ2n) is 5.02. The molecule has 0 saturated carbocycles. The van der Waals surface area contributed by atoms with Crippen molar-refractivity contribution in [2.75, 3.05) is 13.2 Å². The first-order valence-electron chi connectivity index (χ1n) is 7.24. The largest absolute Gasteiger partial charge is 0.486 e. The Labute approximate surface area is 128 Å². The van der Waals surface area contributed by atoms with Crippen LogP contribution in [0.15, 0.2) is 30.3 Å². The van der Waals surface area contributed by atoms with Gasteiger partial charge >= 0.3 is 0 Å². The molecule has 0 amide bonds. The molecule has 0 saturated heterocycles. The first-order valence-corrected chi connectivity index (χ1v) is 8.05. The number of hydrogen-bond acceptors (Lipinski definition) is 5. The number of ether oxygens (including phenoxy) is 2. The summed E-state index contributed by atoms with van der Waals surface area (Å²) in [7, 11) is 0. The van der Waals surface area contributed by atoms with E-state index in [1.165, 1.54) is 9.75 Å². The molecule has 0 fully saturated rings. The van der Waals surface area contributed by atoms with Crippen LogP contribution in [-0.4, -0.2) is 13.2 Å². The molecule has 3 N–H and O–H groups in total. The quantitative estimate of drug-likeness (QED) is 0.659. The highest BCUT2D eigenvalue weighted by atomic mass is 32.1. The number of aryl methyl sites for hydroxylation is 1. The molecule has 0 bridgehead atoms. The van der Waals surface area contributed by atoms with Gasteiger partial charge in [0.25, 0.3) is 0 Å². The molecule has 0 aliphatic carbocycles. The van der Waals surface area contributed by atoms with E-state index in [1.54, 1.807) is 0 Å². The number of nitrogens with one attached hydrogen (secondary N) is 1. The van der Waals surface area contributed by atoms with Crippen LogP contribution in [0.4, 0.5) is 0 Å². The lowest BCUT2D eigenvalue weighted by Crippen LogP contribution is -2.30. The van der Waals surface area contributed by atoms with Crippen molar-refractivity contribution in [1.29, 1.82) is 0 Å². The van der Waals surface area contributed by atoms with Crippen molar-refractivity contribution in [3.8, 4) is 11.5 Å². The molecule has 1 aromatic heterocycles. The summed E-state index contributed by atoms with van der Waals surface area (Å²) in [6, 6.07) is 10.4. The molecule has 1 aliphatic rings. The molecule has 1 aromatic carbocycles. The molecule has 0 spiro atoms. The Balaban J connectivity index is 1.86. The molecule has 3 rings (SSSR count). The number of fused-ring (bicyclic) bond motifs is 1. The van der Waals surface area contributed by atoms with Crippen LogP contribution in [0.2, 0.25) is 0 Å². The van der Waals surface area contributed by atoms with E-state index in [-0.39, 0.29) is 6.04 Å². The van der Waals surface area contributed by atoms with Gasteiger partial charge in [0, 0.05) is 21.7 Å². The van der Waals surface area contributed by atoms with Gasteiger partial charge in [-0.15, -0.1) is 11.3 Å². The third-order valence-electron chi connectivity index (χ3n) is 3.64. The van der Waals surface area contributed by atoms with E-state index in [0.29, 0.717) is 13.2 Å². The normalized spacial score (nSPS) is 15.0. The maximum atomic E-state index is 5.78. The van der Waals surface area contributed by atoms with Gasteiger partial charge in [-0.2, -0.15) is 0 Å². The lowest BCUT2D eigenvalue weighted by atomic mass is 10.0. The maximum Gasteiger partial charge on any atom is 0.166 e. The molecule has 1 unspecified atom stereocenters. The number of thiophene rings is 1. The van der Waals surface area contributed by atoms with Crippen molar-refractivity contribution >= 4 is 11.3 Å². The minimum Gasteiger partial charge on any atom is -0.486 e. The molecule has 2 heterocycles.